The molecule has 106 valence electrons. The van der Waals surface area contributed by atoms with E-state index in [1.807, 2.05) is 30.3 Å². The maximum Gasteiger partial charge on any atom is 0.340 e. The fourth-order valence-corrected chi connectivity index (χ4v) is 2.30. The summed E-state index contributed by atoms with van der Waals surface area (Å²) in [4.78, 5) is 11.9. The summed E-state index contributed by atoms with van der Waals surface area (Å²) in [6, 6.07) is 11.4. The van der Waals surface area contributed by atoms with E-state index in [0.717, 1.165) is 22.3 Å². The Morgan fingerprint density at radius 3 is 2.76 bits per heavy atom. The minimum Gasteiger partial charge on any atom is -0.497 e. The highest BCUT2D eigenvalue weighted by Crippen LogP contribution is 2.29. The molecule has 2 aromatic carbocycles. The van der Waals surface area contributed by atoms with Crippen LogP contribution in [0, 0.1) is 0 Å². The van der Waals surface area contributed by atoms with Crippen LogP contribution in [0.3, 0.4) is 0 Å². The molecule has 1 N–H and O–H groups in total. The van der Waals surface area contributed by atoms with Crippen molar-refractivity contribution in [2.24, 2.45) is 0 Å². The van der Waals surface area contributed by atoms with Crippen LogP contribution in [-0.2, 0) is 4.74 Å². The van der Waals surface area contributed by atoms with Gasteiger partial charge in [-0.1, -0.05) is 12.1 Å². The number of methoxy groups -OCH3 is 2. The number of rotatable bonds is 3. The van der Waals surface area contributed by atoms with Gasteiger partial charge in [0.1, 0.15) is 5.75 Å². The van der Waals surface area contributed by atoms with Gasteiger partial charge in [-0.15, -0.1) is 0 Å². The number of aromatic amines is 1. The first-order valence-electron chi connectivity index (χ1n) is 6.43. The molecule has 0 atom stereocenters. The number of aromatic nitrogens is 2. The molecule has 5 heteroatoms. The number of carbonyl (C=O) groups is 1. The number of nitrogens with zero attached hydrogens (tertiary/aromatic N) is 1. The summed E-state index contributed by atoms with van der Waals surface area (Å²) < 4.78 is 10.1. The van der Waals surface area contributed by atoms with Gasteiger partial charge < -0.3 is 9.47 Å². The summed E-state index contributed by atoms with van der Waals surface area (Å²) in [6.45, 7) is 0. The van der Waals surface area contributed by atoms with E-state index in [0.29, 0.717) is 11.1 Å². The van der Waals surface area contributed by atoms with Crippen molar-refractivity contribution >= 4 is 16.9 Å². The Morgan fingerprint density at radius 2 is 2.00 bits per heavy atom. The molecule has 0 radical (unpaired) electrons. The van der Waals surface area contributed by atoms with Crippen molar-refractivity contribution in [3.63, 3.8) is 0 Å². The summed E-state index contributed by atoms with van der Waals surface area (Å²) >= 11 is 0. The molecule has 0 spiro atoms. The topological polar surface area (TPSA) is 64.2 Å². The molecule has 0 amide bonds. The second-order valence-electron chi connectivity index (χ2n) is 4.58. The molecule has 21 heavy (non-hydrogen) atoms. The lowest BCUT2D eigenvalue weighted by Gasteiger charge is -2.08. The number of esters is 1. The zero-order valence-electron chi connectivity index (χ0n) is 11.7. The Morgan fingerprint density at radius 1 is 1.14 bits per heavy atom. The number of H-pyrrole nitrogens is 1. The minimum absolute atomic E-state index is 0.394. The fraction of sp³-hybridized carbons (Fsp3) is 0.125. The van der Waals surface area contributed by atoms with E-state index in [2.05, 4.69) is 10.2 Å². The summed E-state index contributed by atoms with van der Waals surface area (Å²) in [5.74, 6) is 0.369. The average Bonchev–Trinajstić information content (AvgIpc) is 3.01. The Hall–Kier alpha value is -2.82. The molecule has 0 fully saturated rings. The lowest BCUT2D eigenvalue weighted by atomic mass is 10.0. The largest absolute Gasteiger partial charge is 0.497 e. The van der Waals surface area contributed by atoms with Gasteiger partial charge in [0.05, 0.1) is 31.5 Å². The van der Waals surface area contributed by atoms with E-state index in [1.54, 1.807) is 19.4 Å². The van der Waals surface area contributed by atoms with E-state index < -0.39 is 5.97 Å². The third-order valence-corrected chi connectivity index (χ3v) is 3.36. The second-order valence-corrected chi connectivity index (χ2v) is 4.58. The first-order chi connectivity index (χ1) is 10.2. The zero-order chi connectivity index (χ0) is 14.8. The van der Waals surface area contributed by atoms with E-state index in [4.69, 9.17) is 9.47 Å². The number of fused-ring (bicyclic) bond motifs is 1. The highest BCUT2D eigenvalue weighted by atomic mass is 16.5. The molecule has 1 heterocycles. The first-order valence-corrected chi connectivity index (χ1v) is 6.43. The molecule has 0 aliphatic heterocycles. The van der Waals surface area contributed by atoms with Crippen molar-refractivity contribution < 1.29 is 14.3 Å². The van der Waals surface area contributed by atoms with Gasteiger partial charge in [0, 0.05) is 5.39 Å². The van der Waals surface area contributed by atoms with Crippen LogP contribution >= 0.6 is 0 Å². The molecule has 0 saturated carbocycles. The monoisotopic (exact) mass is 282 g/mol. The number of nitrogens with one attached hydrogen (secondary N) is 1. The Balaban J connectivity index is 2.20. The third kappa shape index (κ3) is 2.33. The van der Waals surface area contributed by atoms with Crippen molar-refractivity contribution in [2.45, 2.75) is 0 Å². The maximum absolute atomic E-state index is 11.9. The first kappa shape index (κ1) is 13.2. The maximum atomic E-state index is 11.9. The van der Waals surface area contributed by atoms with Crippen LogP contribution in [0.1, 0.15) is 10.4 Å². The van der Waals surface area contributed by atoms with E-state index in [9.17, 15) is 4.79 Å². The third-order valence-electron chi connectivity index (χ3n) is 3.36. The van der Waals surface area contributed by atoms with Crippen molar-refractivity contribution in [2.75, 3.05) is 14.2 Å². The second kappa shape index (κ2) is 5.28. The molecule has 1 aromatic heterocycles. The van der Waals surface area contributed by atoms with Crippen LogP contribution in [0.2, 0.25) is 0 Å². The lowest BCUT2D eigenvalue weighted by molar-refractivity contribution is 0.0603. The summed E-state index contributed by atoms with van der Waals surface area (Å²) in [7, 11) is 2.99. The molecular weight excluding hydrogens is 268 g/mol. The van der Waals surface area contributed by atoms with Crippen LogP contribution < -0.4 is 4.74 Å². The van der Waals surface area contributed by atoms with Gasteiger partial charge in [-0.3, -0.25) is 5.10 Å². The molecule has 0 aliphatic rings. The van der Waals surface area contributed by atoms with Crippen LogP contribution in [0.15, 0.2) is 42.6 Å². The predicted molar refractivity (Wildman–Crippen MR) is 79.4 cm³/mol. The molecule has 3 aromatic rings. The summed E-state index contributed by atoms with van der Waals surface area (Å²) in [5.41, 5.74) is 3.00. The van der Waals surface area contributed by atoms with Crippen molar-refractivity contribution in [3.8, 4) is 16.9 Å². The molecule has 3 rings (SSSR count). The average molecular weight is 282 g/mol. The van der Waals surface area contributed by atoms with Gasteiger partial charge in [-0.05, 0) is 35.4 Å². The molecule has 5 nitrogen and oxygen atoms in total. The quantitative estimate of drug-likeness (QED) is 0.750. The summed E-state index contributed by atoms with van der Waals surface area (Å²) in [6.07, 6.45) is 1.69. The minimum atomic E-state index is -0.394. The summed E-state index contributed by atoms with van der Waals surface area (Å²) in [5, 5.41) is 7.68. The number of ether oxygens (including phenoxy) is 2. The van der Waals surface area contributed by atoms with Gasteiger partial charge in [0.2, 0.25) is 0 Å². The molecule has 0 saturated heterocycles. The standard InChI is InChI=1S/C16H14N2O3/c1-20-13-5-3-4-10(7-13)11-6-12-9-17-18-15(12)14(8-11)16(19)21-2/h3-9H,1-2H3,(H,17,18). The fourth-order valence-electron chi connectivity index (χ4n) is 2.30. The van der Waals surface area contributed by atoms with Gasteiger partial charge >= 0.3 is 5.97 Å². The van der Waals surface area contributed by atoms with Crippen LogP contribution in [0.5, 0.6) is 5.75 Å². The normalized spacial score (nSPS) is 10.6. The molecule has 0 aliphatic carbocycles. The van der Waals surface area contributed by atoms with Gasteiger partial charge in [-0.25, -0.2) is 4.79 Å². The van der Waals surface area contributed by atoms with E-state index >= 15 is 0 Å². The van der Waals surface area contributed by atoms with E-state index in [-0.39, 0.29) is 0 Å². The predicted octanol–water partition coefficient (Wildman–Crippen LogP) is 3.03. The number of carbonyl (C=O) groups excluding carboxylic acids is 1. The van der Waals surface area contributed by atoms with Gasteiger partial charge in [0.25, 0.3) is 0 Å². The highest BCUT2D eigenvalue weighted by Gasteiger charge is 2.14. The Kier molecular flexibility index (Phi) is 3.31. The lowest BCUT2D eigenvalue weighted by Crippen LogP contribution is -2.02. The van der Waals surface area contributed by atoms with Crippen molar-refractivity contribution in [1.82, 2.24) is 10.2 Å². The molecule has 0 bridgehead atoms. The number of hydrogen-bond donors (Lipinski definition) is 1. The van der Waals surface area contributed by atoms with Crippen LogP contribution in [-0.4, -0.2) is 30.4 Å². The van der Waals surface area contributed by atoms with Crippen LogP contribution in [0.25, 0.3) is 22.0 Å². The van der Waals surface area contributed by atoms with Crippen LogP contribution in [0.4, 0.5) is 0 Å². The Bertz CT molecular complexity index is 808. The van der Waals surface area contributed by atoms with Crippen molar-refractivity contribution in [1.29, 1.82) is 0 Å². The number of benzene rings is 2. The van der Waals surface area contributed by atoms with Gasteiger partial charge in [0.15, 0.2) is 0 Å². The van der Waals surface area contributed by atoms with E-state index in [1.165, 1.54) is 7.11 Å². The van der Waals surface area contributed by atoms with Crippen molar-refractivity contribution in [3.05, 3.63) is 48.2 Å². The Labute approximate surface area is 121 Å². The SMILES string of the molecule is COC(=O)c1cc(-c2cccc(OC)c2)cc2cn[nH]c12. The van der Waals surface area contributed by atoms with Gasteiger partial charge in [-0.2, -0.15) is 5.10 Å². The smallest absolute Gasteiger partial charge is 0.340 e. The number of hydrogen-bond acceptors (Lipinski definition) is 4. The zero-order valence-corrected chi connectivity index (χ0v) is 11.7. The molecular formula is C16H14N2O3. The molecule has 0 unspecified atom stereocenters. The highest BCUT2D eigenvalue weighted by molar-refractivity contribution is 6.04.